The van der Waals surface area contributed by atoms with Gasteiger partial charge in [-0.3, -0.25) is 4.79 Å². The average Bonchev–Trinajstić information content (AvgIpc) is 2.50. The molecule has 0 aromatic heterocycles. The van der Waals surface area contributed by atoms with Crippen LogP contribution in [0.15, 0.2) is 23.1 Å². The third-order valence-electron chi connectivity index (χ3n) is 3.37. The van der Waals surface area contributed by atoms with Gasteiger partial charge < -0.3 is 9.64 Å². The van der Waals surface area contributed by atoms with Gasteiger partial charge in [0.2, 0.25) is 15.9 Å². The second kappa shape index (κ2) is 8.52. The van der Waals surface area contributed by atoms with Crippen molar-refractivity contribution in [1.82, 2.24) is 9.21 Å². The minimum Gasteiger partial charge on any atom is -0.492 e. The third kappa shape index (κ3) is 4.83. The molecule has 0 spiro atoms. The average molecular weight is 363 g/mol. The number of likely N-dealkylation sites (N-methyl/N-ethyl adjacent to an activating group) is 2. The van der Waals surface area contributed by atoms with Crippen molar-refractivity contribution in [2.75, 3.05) is 33.3 Å². The van der Waals surface area contributed by atoms with Crippen LogP contribution in [0.4, 0.5) is 0 Å². The minimum atomic E-state index is -3.88. The summed E-state index contributed by atoms with van der Waals surface area (Å²) in [6.45, 7) is 6.61. The van der Waals surface area contributed by atoms with Crippen LogP contribution in [0.1, 0.15) is 20.8 Å². The standard InChI is InChI=1S/C15H23ClN2O4S/c1-5-18(6-2)15(19)11-17(4)23(20,21)14-10-12(16)8-9-13(14)22-7-3/h8-10H,5-7,11H2,1-4H3. The topological polar surface area (TPSA) is 66.9 Å². The van der Waals surface area contributed by atoms with Crippen molar-refractivity contribution in [3.63, 3.8) is 0 Å². The number of benzene rings is 1. The first-order chi connectivity index (χ1) is 10.8. The summed E-state index contributed by atoms with van der Waals surface area (Å²) >= 11 is 5.92. The van der Waals surface area contributed by atoms with Gasteiger partial charge in [0.05, 0.1) is 13.2 Å². The first-order valence-corrected chi connectivity index (χ1v) is 9.26. The second-order valence-corrected chi connectivity index (χ2v) is 7.30. The Bertz CT molecular complexity index is 645. The molecule has 0 unspecified atom stereocenters. The number of carbonyl (C=O) groups excluding carboxylic acids is 1. The summed E-state index contributed by atoms with van der Waals surface area (Å²) in [4.78, 5) is 13.7. The van der Waals surface area contributed by atoms with Crippen LogP contribution < -0.4 is 4.74 Å². The van der Waals surface area contributed by atoms with E-state index in [4.69, 9.17) is 16.3 Å². The summed E-state index contributed by atoms with van der Waals surface area (Å²) in [6.07, 6.45) is 0. The van der Waals surface area contributed by atoms with Gasteiger partial charge in [0.1, 0.15) is 10.6 Å². The molecule has 1 amide bonds. The molecular weight excluding hydrogens is 340 g/mol. The summed E-state index contributed by atoms with van der Waals surface area (Å²) < 4.78 is 31.8. The number of ether oxygens (including phenoxy) is 1. The summed E-state index contributed by atoms with van der Waals surface area (Å²) in [5.74, 6) is -0.0277. The Kier molecular flexibility index (Phi) is 7.31. The molecule has 0 bridgehead atoms. The minimum absolute atomic E-state index is 0.0401. The van der Waals surface area contributed by atoms with Crippen LogP contribution in [-0.2, 0) is 14.8 Å². The van der Waals surface area contributed by atoms with E-state index in [2.05, 4.69) is 0 Å². The van der Waals surface area contributed by atoms with Crippen LogP contribution in [-0.4, -0.2) is 56.8 Å². The molecule has 0 heterocycles. The second-order valence-electron chi connectivity index (χ2n) is 4.85. The summed E-state index contributed by atoms with van der Waals surface area (Å²) in [5.41, 5.74) is 0. The van der Waals surface area contributed by atoms with Crippen LogP contribution in [0.5, 0.6) is 5.75 Å². The number of sulfonamides is 1. The van der Waals surface area contributed by atoms with E-state index in [0.29, 0.717) is 19.7 Å². The van der Waals surface area contributed by atoms with Gasteiger partial charge in [-0.25, -0.2) is 8.42 Å². The fourth-order valence-electron chi connectivity index (χ4n) is 2.08. The van der Waals surface area contributed by atoms with Gasteiger partial charge in [-0.1, -0.05) is 11.6 Å². The molecule has 6 nitrogen and oxygen atoms in total. The Hall–Kier alpha value is -1.31. The zero-order valence-corrected chi connectivity index (χ0v) is 15.4. The number of carbonyl (C=O) groups is 1. The van der Waals surface area contributed by atoms with Crippen molar-refractivity contribution in [1.29, 1.82) is 0 Å². The van der Waals surface area contributed by atoms with Crippen LogP contribution in [0.25, 0.3) is 0 Å². The number of hydrogen-bond acceptors (Lipinski definition) is 4. The molecule has 0 fully saturated rings. The van der Waals surface area contributed by atoms with Crippen molar-refractivity contribution >= 4 is 27.5 Å². The van der Waals surface area contributed by atoms with Crippen molar-refractivity contribution in [2.24, 2.45) is 0 Å². The maximum Gasteiger partial charge on any atom is 0.247 e. The fourth-order valence-corrected chi connectivity index (χ4v) is 3.59. The van der Waals surface area contributed by atoms with E-state index in [9.17, 15) is 13.2 Å². The van der Waals surface area contributed by atoms with Gasteiger partial charge in [-0.2, -0.15) is 4.31 Å². The highest BCUT2D eigenvalue weighted by Gasteiger charge is 2.28. The predicted molar refractivity (Wildman–Crippen MR) is 90.4 cm³/mol. The molecular formula is C15H23ClN2O4S. The quantitative estimate of drug-likeness (QED) is 0.711. The Balaban J connectivity index is 3.11. The van der Waals surface area contributed by atoms with Gasteiger partial charge >= 0.3 is 0 Å². The highest BCUT2D eigenvalue weighted by molar-refractivity contribution is 7.89. The van der Waals surface area contributed by atoms with E-state index >= 15 is 0 Å². The molecule has 0 aliphatic carbocycles. The van der Waals surface area contributed by atoms with E-state index in [1.54, 1.807) is 17.9 Å². The monoisotopic (exact) mass is 362 g/mol. The van der Waals surface area contributed by atoms with E-state index in [1.165, 1.54) is 19.2 Å². The van der Waals surface area contributed by atoms with Gasteiger partial charge in [-0.15, -0.1) is 0 Å². The van der Waals surface area contributed by atoms with Crippen molar-refractivity contribution in [2.45, 2.75) is 25.7 Å². The lowest BCUT2D eigenvalue weighted by atomic mass is 10.3. The molecule has 130 valence electrons. The molecule has 23 heavy (non-hydrogen) atoms. The fraction of sp³-hybridized carbons (Fsp3) is 0.533. The Labute approximate surface area is 143 Å². The molecule has 0 saturated heterocycles. The zero-order chi connectivity index (χ0) is 17.6. The molecule has 8 heteroatoms. The first-order valence-electron chi connectivity index (χ1n) is 7.44. The van der Waals surface area contributed by atoms with Gasteiger partial charge in [0, 0.05) is 25.2 Å². The SMILES string of the molecule is CCOc1ccc(Cl)cc1S(=O)(=O)N(C)CC(=O)N(CC)CC. The molecule has 0 aliphatic heterocycles. The van der Waals surface area contributed by atoms with E-state index in [-0.39, 0.29) is 28.1 Å². The van der Waals surface area contributed by atoms with Crippen molar-refractivity contribution < 1.29 is 17.9 Å². The number of amides is 1. The Morgan fingerprint density at radius 2 is 1.83 bits per heavy atom. The van der Waals surface area contributed by atoms with E-state index in [1.807, 2.05) is 13.8 Å². The van der Waals surface area contributed by atoms with Crippen molar-refractivity contribution in [3.8, 4) is 5.75 Å². The molecule has 1 rings (SSSR count). The van der Waals surface area contributed by atoms with Crippen LogP contribution in [0.3, 0.4) is 0 Å². The Morgan fingerprint density at radius 3 is 2.35 bits per heavy atom. The predicted octanol–water partition coefficient (Wildman–Crippen LogP) is 2.23. The maximum atomic E-state index is 12.7. The number of nitrogens with zero attached hydrogens (tertiary/aromatic N) is 2. The summed E-state index contributed by atoms with van der Waals surface area (Å²) in [7, 11) is -2.51. The molecule has 1 aromatic carbocycles. The van der Waals surface area contributed by atoms with Gasteiger partial charge in [0.25, 0.3) is 0 Å². The molecule has 0 N–H and O–H groups in total. The number of hydrogen-bond donors (Lipinski definition) is 0. The Morgan fingerprint density at radius 1 is 1.22 bits per heavy atom. The van der Waals surface area contributed by atoms with Crippen molar-refractivity contribution in [3.05, 3.63) is 23.2 Å². The van der Waals surface area contributed by atoms with E-state index in [0.717, 1.165) is 4.31 Å². The summed E-state index contributed by atoms with van der Waals surface area (Å²) in [6, 6.07) is 4.41. The zero-order valence-electron chi connectivity index (χ0n) is 13.9. The summed E-state index contributed by atoms with van der Waals surface area (Å²) in [5, 5.41) is 0.287. The molecule has 1 aromatic rings. The van der Waals surface area contributed by atoms with Crippen LogP contribution in [0, 0.1) is 0 Å². The first kappa shape index (κ1) is 19.7. The van der Waals surface area contributed by atoms with Gasteiger partial charge in [-0.05, 0) is 39.0 Å². The van der Waals surface area contributed by atoms with Gasteiger partial charge in [0.15, 0.2) is 0 Å². The van der Waals surface area contributed by atoms with Crippen LogP contribution in [0.2, 0.25) is 5.02 Å². The van der Waals surface area contributed by atoms with Crippen LogP contribution >= 0.6 is 11.6 Å². The third-order valence-corrected chi connectivity index (χ3v) is 5.43. The lowest BCUT2D eigenvalue weighted by Gasteiger charge is -2.23. The van der Waals surface area contributed by atoms with E-state index < -0.39 is 10.0 Å². The maximum absolute atomic E-state index is 12.7. The molecule has 0 atom stereocenters. The molecule has 0 saturated carbocycles. The highest BCUT2D eigenvalue weighted by atomic mass is 35.5. The lowest BCUT2D eigenvalue weighted by Crippen LogP contribution is -2.41. The molecule has 0 aliphatic rings. The smallest absolute Gasteiger partial charge is 0.247 e. The largest absolute Gasteiger partial charge is 0.492 e. The number of rotatable bonds is 8. The lowest BCUT2D eigenvalue weighted by molar-refractivity contribution is -0.130. The normalized spacial score (nSPS) is 11.6. The molecule has 0 radical (unpaired) electrons. The number of halogens is 1. The highest BCUT2D eigenvalue weighted by Crippen LogP contribution is 2.29.